The normalized spacial score (nSPS) is 12.1. The zero-order valence-electron chi connectivity index (χ0n) is 10.8. The summed E-state index contributed by atoms with van der Waals surface area (Å²) < 4.78 is 0. The van der Waals surface area contributed by atoms with E-state index in [1.165, 1.54) is 5.56 Å². The minimum atomic E-state index is -0.576. The Labute approximate surface area is 113 Å². The molecule has 0 bridgehead atoms. The molecule has 2 aromatic rings. The first-order valence-corrected chi connectivity index (χ1v) is 6.56. The van der Waals surface area contributed by atoms with Crippen LogP contribution in [0.3, 0.4) is 0 Å². The predicted molar refractivity (Wildman–Crippen MR) is 76.2 cm³/mol. The molecule has 0 spiro atoms. The molecular weight excluding hydrogens is 236 g/mol. The fourth-order valence-corrected chi connectivity index (χ4v) is 2.04. The molecule has 1 unspecified atom stereocenters. The molecule has 0 amide bonds. The highest BCUT2D eigenvalue weighted by atomic mass is 16.3. The number of hydrogen-bond donors (Lipinski definition) is 1. The van der Waals surface area contributed by atoms with Crippen molar-refractivity contribution in [2.24, 2.45) is 0 Å². The second-order valence-corrected chi connectivity index (χ2v) is 4.67. The van der Waals surface area contributed by atoms with Gasteiger partial charge in [0.25, 0.3) is 0 Å². The van der Waals surface area contributed by atoms with E-state index in [0.29, 0.717) is 12.0 Å². The summed E-state index contributed by atoms with van der Waals surface area (Å²) in [6, 6.07) is 19.1. The van der Waals surface area contributed by atoms with Crippen molar-refractivity contribution in [3.8, 4) is 0 Å². The van der Waals surface area contributed by atoms with Crippen molar-refractivity contribution in [3.63, 3.8) is 0 Å². The van der Waals surface area contributed by atoms with Crippen LogP contribution in [0.2, 0.25) is 0 Å². The van der Waals surface area contributed by atoms with Gasteiger partial charge in [0.05, 0.1) is 6.10 Å². The maximum absolute atomic E-state index is 11.9. The van der Waals surface area contributed by atoms with E-state index in [1.54, 1.807) is 12.1 Å². The van der Waals surface area contributed by atoms with Crippen LogP contribution < -0.4 is 0 Å². The van der Waals surface area contributed by atoms with Crippen LogP contribution in [0, 0.1) is 0 Å². The lowest BCUT2D eigenvalue weighted by Gasteiger charge is -2.09. The molecule has 1 N–H and O–H groups in total. The second kappa shape index (κ2) is 6.86. The Bertz CT molecular complexity index is 505. The fraction of sp³-hybridized carbons (Fsp3) is 0.235. The summed E-state index contributed by atoms with van der Waals surface area (Å²) in [4.78, 5) is 11.9. The number of benzene rings is 2. The van der Waals surface area contributed by atoms with E-state index in [4.69, 9.17) is 0 Å². The molecule has 98 valence electrons. The number of rotatable bonds is 6. The van der Waals surface area contributed by atoms with E-state index in [-0.39, 0.29) is 12.2 Å². The lowest BCUT2D eigenvalue weighted by atomic mass is 10.0. The van der Waals surface area contributed by atoms with Crippen LogP contribution in [-0.4, -0.2) is 17.0 Å². The highest BCUT2D eigenvalue weighted by Gasteiger charge is 2.12. The van der Waals surface area contributed by atoms with Crippen LogP contribution >= 0.6 is 0 Å². The van der Waals surface area contributed by atoms with Gasteiger partial charge in [0, 0.05) is 12.0 Å². The van der Waals surface area contributed by atoms with Gasteiger partial charge in [-0.2, -0.15) is 0 Å². The van der Waals surface area contributed by atoms with Crippen molar-refractivity contribution in [2.75, 3.05) is 0 Å². The van der Waals surface area contributed by atoms with Crippen LogP contribution in [0.5, 0.6) is 0 Å². The van der Waals surface area contributed by atoms with Crippen LogP contribution in [0.15, 0.2) is 60.7 Å². The van der Waals surface area contributed by atoms with Gasteiger partial charge in [-0.15, -0.1) is 0 Å². The van der Waals surface area contributed by atoms with E-state index in [9.17, 15) is 9.90 Å². The van der Waals surface area contributed by atoms with E-state index in [2.05, 4.69) is 0 Å². The molecule has 1 atom stereocenters. The molecule has 0 heterocycles. The van der Waals surface area contributed by atoms with Gasteiger partial charge in [0.2, 0.25) is 0 Å². The average Bonchev–Trinajstić information content (AvgIpc) is 2.47. The third-order valence-corrected chi connectivity index (χ3v) is 3.13. The van der Waals surface area contributed by atoms with Gasteiger partial charge in [-0.3, -0.25) is 4.79 Å². The summed E-state index contributed by atoms with van der Waals surface area (Å²) in [5, 5.41) is 9.92. The number of aliphatic hydroxyl groups excluding tert-OH is 1. The van der Waals surface area contributed by atoms with Gasteiger partial charge in [-0.05, 0) is 18.4 Å². The maximum Gasteiger partial charge on any atom is 0.165 e. The largest absolute Gasteiger partial charge is 0.393 e. The molecule has 2 rings (SSSR count). The minimum Gasteiger partial charge on any atom is -0.393 e. The quantitative estimate of drug-likeness (QED) is 0.803. The highest BCUT2D eigenvalue weighted by Crippen LogP contribution is 2.10. The van der Waals surface area contributed by atoms with Crippen LogP contribution in [0.4, 0.5) is 0 Å². The summed E-state index contributed by atoms with van der Waals surface area (Å²) >= 11 is 0. The summed E-state index contributed by atoms with van der Waals surface area (Å²) in [6.45, 7) is 0. The number of carbonyl (C=O) groups is 1. The lowest BCUT2D eigenvalue weighted by Crippen LogP contribution is -2.14. The van der Waals surface area contributed by atoms with Gasteiger partial charge in [0.15, 0.2) is 5.78 Å². The second-order valence-electron chi connectivity index (χ2n) is 4.67. The van der Waals surface area contributed by atoms with Gasteiger partial charge >= 0.3 is 0 Å². The number of ketones is 1. The van der Waals surface area contributed by atoms with Gasteiger partial charge < -0.3 is 5.11 Å². The third-order valence-electron chi connectivity index (χ3n) is 3.13. The standard InChI is InChI=1S/C17H18O2/c18-16(12-11-14-7-3-1-4-8-14)13-17(19)15-9-5-2-6-10-15/h1-10,16,18H,11-13H2. The minimum absolute atomic E-state index is 0.00108. The summed E-state index contributed by atoms with van der Waals surface area (Å²) in [6.07, 6.45) is 1.02. The first-order chi connectivity index (χ1) is 9.25. The first-order valence-electron chi connectivity index (χ1n) is 6.56. The molecule has 0 radical (unpaired) electrons. The molecule has 0 aromatic heterocycles. The van der Waals surface area contributed by atoms with Gasteiger partial charge in [-0.1, -0.05) is 60.7 Å². The zero-order chi connectivity index (χ0) is 13.5. The van der Waals surface area contributed by atoms with Crippen molar-refractivity contribution >= 4 is 5.78 Å². The SMILES string of the molecule is O=C(CC(O)CCc1ccccc1)c1ccccc1. The van der Waals surface area contributed by atoms with Gasteiger partial charge in [0.1, 0.15) is 0 Å². The van der Waals surface area contributed by atoms with Crippen molar-refractivity contribution in [1.29, 1.82) is 0 Å². The Morgan fingerprint density at radius 2 is 1.53 bits per heavy atom. The molecule has 0 saturated carbocycles. The average molecular weight is 254 g/mol. The molecule has 0 fully saturated rings. The van der Waals surface area contributed by atoms with Crippen molar-refractivity contribution < 1.29 is 9.90 Å². The van der Waals surface area contributed by atoms with Gasteiger partial charge in [-0.25, -0.2) is 0 Å². The van der Waals surface area contributed by atoms with E-state index in [0.717, 1.165) is 6.42 Å². The Hall–Kier alpha value is -1.93. The monoisotopic (exact) mass is 254 g/mol. The third kappa shape index (κ3) is 4.34. The first kappa shape index (κ1) is 13.5. The summed E-state index contributed by atoms with van der Waals surface area (Å²) in [5.74, 6) is 0.00108. The van der Waals surface area contributed by atoms with Crippen molar-refractivity contribution in [1.82, 2.24) is 0 Å². The van der Waals surface area contributed by atoms with E-state index < -0.39 is 6.10 Å². The number of aryl methyl sites for hydroxylation is 1. The highest BCUT2D eigenvalue weighted by molar-refractivity contribution is 5.96. The molecule has 2 nitrogen and oxygen atoms in total. The van der Waals surface area contributed by atoms with Crippen LogP contribution in [-0.2, 0) is 6.42 Å². The smallest absolute Gasteiger partial charge is 0.165 e. The number of carbonyl (C=O) groups excluding carboxylic acids is 1. The van der Waals surface area contributed by atoms with Crippen LogP contribution in [0.1, 0.15) is 28.8 Å². The lowest BCUT2D eigenvalue weighted by molar-refractivity contribution is 0.0868. The van der Waals surface area contributed by atoms with Crippen molar-refractivity contribution in [2.45, 2.75) is 25.4 Å². The molecular formula is C17H18O2. The topological polar surface area (TPSA) is 37.3 Å². The van der Waals surface area contributed by atoms with Crippen LogP contribution in [0.25, 0.3) is 0 Å². The number of Topliss-reactive ketones (excluding diaryl/α,β-unsaturated/α-hetero) is 1. The zero-order valence-corrected chi connectivity index (χ0v) is 10.8. The number of hydrogen-bond acceptors (Lipinski definition) is 2. The Morgan fingerprint density at radius 1 is 0.947 bits per heavy atom. The Morgan fingerprint density at radius 3 is 2.16 bits per heavy atom. The molecule has 2 aromatic carbocycles. The predicted octanol–water partition coefficient (Wildman–Crippen LogP) is 3.25. The van der Waals surface area contributed by atoms with E-state index >= 15 is 0 Å². The number of aliphatic hydroxyl groups is 1. The Balaban J connectivity index is 1.81. The summed E-state index contributed by atoms with van der Waals surface area (Å²) in [5.41, 5.74) is 1.86. The molecule has 19 heavy (non-hydrogen) atoms. The van der Waals surface area contributed by atoms with E-state index in [1.807, 2.05) is 48.5 Å². The fourth-order valence-electron chi connectivity index (χ4n) is 2.04. The molecule has 0 aliphatic heterocycles. The van der Waals surface area contributed by atoms with Crippen molar-refractivity contribution in [3.05, 3.63) is 71.8 Å². The molecule has 0 saturated heterocycles. The Kier molecular flexibility index (Phi) is 4.87. The maximum atomic E-state index is 11.9. The molecule has 2 heteroatoms. The molecule has 0 aliphatic rings. The summed E-state index contributed by atoms with van der Waals surface area (Å²) in [7, 11) is 0. The molecule has 0 aliphatic carbocycles.